The van der Waals surface area contributed by atoms with Crippen molar-refractivity contribution in [1.82, 2.24) is 4.57 Å². The maximum absolute atomic E-state index is 12.3. The van der Waals surface area contributed by atoms with Crippen molar-refractivity contribution in [2.75, 3.05) is 6.61 Å². The van der Waals surface area contributed by atoms with Crippen molar-refractivity contribution >= 4 is 33.2 Å². The van der Waals surface area contributed by atoms with Gasteiger partial charge in [0.25, 0.3) is 0 Å². The van der Waals surface area contributed by atoms with E-state index in [9.17, 15) is 9.59 Å². The molecule has 30 heavy (non-hydrogen) atoms. The zero-order valence-electron chi connectivity index (χ0n) is 16.8. The third-order valence-electron chi connectivity index (χ3n) is 4.53. The van der Waals surface area contributed by atoms with Crippen LogP contribution < -0.4 is 14.3 Å². The predicted octanol–water partition coefficient (Wildman–Crippen LogP) is 3.58. The summed E-state index contributed by atoms with van der Waals surface area (Å²) in [4.78, 5) is 23.4. The molecule has 8 nitrogen and oxygen atoms in total. The summed E-state index contributed by atoms with van der Waals surface area (Å²) in [6, 6.07) is 12.1. The molecule has 0 amide bonds. The van der Waals surface area contributed by atoms with Crippen molar-refractivity contribution in [2.45, 2.75) is 32.9 Å². The molecule has 0 spiro atoms. The molecule has 1 aromatic heterocycles. The Morgan fingerprint density at radius 1 is 1.17 bits per heavy atom. The minimum atomic E-state index is -1.33. The van der Waals surface area contributed by atoms with Crippen LogP contribution >= 0.6 is 11.3 Å². The molecule has 0 saturated carbocycles. The Bertz CT molecular complexity index is 1140. The SMILES string of the molecule is C/C(=N\O)c1ccc2c(c1)sc(=O)n2CCOc1ccc(OC(C)(C)C(=O)O)cc1. The van der Waals surface area contributed by atoms with E-state index in [1.165, 1.54) is 13.8 Å². The number of fused-ring (bicyclic) bond motifs is 1. The van der Waals surface area contributed by atoms with Crippen LogP contribution in [0.1, 0.15) is 26.3 Å². The molecule has 0 atom stereocenters. The second-order valence-electron chi connectivity index (χ2n) is 7.12. The van der Waals surface area contributed by atoms with Crippen LogP contribution in [0.25, 0.3) is 10.2 Å². The first kappa shape index (κ1) is 21.4. The van der Waals surface area contributed by atoms with E-state index < -0.39 is 11.6 Å². The number of aromatic nitrogens is 1. The lowest BCUT2D eigenvalue weighted by Gasteiger charge is -2.21. The molecule has 0 unspecified atom stereocenters. The van der Waals surface area contributed by atoms with Crippen molar-refractivity contribution in [3.05, 3.63) is 57.7 Å². The average Bonchev–Trinajstić information content (AvgIpc) is 3.02. The van der Waals surface area contributed by atoms with Crippen LogP contribution in [0.4, 0.5) is 0 Å². The summed E-state index contributed by atoms with van der Waals surface area (Å²) in [7, 11) is 0. The van der Waals surface area contributed by atoms with E-state index in [1.807, 2.05) is 12.1 Å². The zero-order valence-corrected chi connectivity index (χ0v) is 17.6. The zero-order chi connectivity index (χ0) is 21.9. The lowest BCUT2D eigenvalue weighted by atomic mass is 10.1. The Hall–Kier alpha value is -3.33. The number of rotatable bonds is 8. The topological polar surface area (TPSA) is 110 Å². The maximum atomic E-state index is 12.3. The summed E-state index contributed by atoms with van der Waals surface area (Å²) < 4.78 is 13.6. The van der Waals surface area contributed by atoms with Gasteiger partial charge in [0, 0.05) is 5.56 Å². The highest BCUT2D eigenvalue weighted by molar-refractivity contribution is 7.16. The number of aliphatic carboxylic acids is 1. The highest BCUT2D eigenvalue weighted by Gasteiger charge is 2.29. The minimum Gasteiger partial charge on any atom is -0.492 e. The van der Waals surface area contributed by atoms with Crippen LogP contribution in [0.5, 0.6) is 11.5 Å². The number of oxime groups is 1. The van der Waals surface area contributed by atoms with Gasteiger partial charge in [0.1, 0.15) is 18.1 Å². The first-order valence-electron chi connectivity index (χ1n) is 9.19. The summed E-state index contributed by atoms with van der Waals surface area (Å²) in [5.74, 6) is -0.0466. The first-order valence-corrected chi connectivity index (χ1v) is 10.0. The molecule has 0 bridgehead atoms. The molecule has 0 aliphatic heterocycles. The molecular weight excluding hydrogens is 408 g/mol. The molecular formula is C21H22N2O6S. The molecule has 0 aliphatic carbocycles. The molecule has 0 radical (unpaired) electrons. The third-order valence-corrected chi connectivity index (χ3v) is 5.47. The van der Waals surface area contributed by atoms with Crippen LogP contribution in [-0.4, -0.2) is 38.8 Å². The molecule has 0 saturated heterocycles. The van der Waals surface area contributed by atoms with E-state index >= 15 is 0 Å². The fraction of sp³-hybridized carbons (Fsp3) is 0.286. The monoisotopic (exact) mass is 430 g/mol. The molecule has 2 N–H and O–H groups in total. The van der Waals surface area contributed by atoms with Crippen LogP contribution in [0.3, 0.4) is 0 Å². The van der Waals surface area contributed by atoms with Crippen LogP contribution in [0, 0.1) is 0 Å². The van der Waals surface area contributed by atoms with Gasteiger partial charge in [0.2, 0.25) is 0 Å². The standard InChI is InChI=1S/C21H22N2O6S/c1-13(22-27)14-4-9-17-18(12-14)30-20(26)23(17)10-11-28-15-5-7-16(8-6-15)29-21(2,3)19(24)25/h4-9,12,27H,10-11H2,1-3H3,(H,24,25)/b22-13+. The molecule has 3 aromatic rings. The Morgan fingerprint density at radius 2 is 1.83 bits per heavy atom. The number of carboxylic acids is 1. The lowest BCUT2D eigenvalue weighted by molar-refractivity contribution is -0.152. The molecule has 3 rings (SSSR count). The Labute approximate surface area is 176 Å². The van der Waals surface area contributed by atoms with Gasteiger partial charge in [-0.2, -0.15) is 0 Å². The van der Waals surface area contributed by atoms with Gasteiger partial charge in [-0.15, -0.1) is 0 Å². The fourth-order valence-electron chi connectivity index (χ4n) is 2.76. The largest absolute Gasteiger partial charge is 0.492 e. The third kappa shape index (κ3) is 4.62. The van der Waals surface area contributed by atoms with Crippen LogP contribution in [0.2, 0.25) is 0 Å². The number of thiazole rings is 1. The summed E-state index contributed by atoms with van der Waals surface area (Å²) >= 11 is 1.13. The fourth-order valence-corrected chi connectivity index (χ4v) is 3.71. The van der Waals surface area contributed by atoms with E-state index in [0.717, 1.165) is 27.1 Å². The Kier molecular flexibility index (Phi) is 6.12. The van der Waals surface area contributed by atoms with Crippen molar-refractivity contribution in [2.24, 2.45) is 5.16 Å². The smallest absolute Gasteiger partial charge is 0.347 e. The number of carbonyl (C=O) groups is 1. The van der Waals surface area contributed by atoms with Gasteiger partial charge >= 0.3 is 10.8 Å². The number of hydrogen-bond donors (Lipinski definition) is 2. The predicted molar refractivity (Wildman–Crippen MR) is 114 cm³/mol. The van der Waals surface area contributed by atoms with E-state index in [4.69, 9.17) is 19.8 Å². The van der Waals surface area contributed by atoms with E-state index in [1.54, 1.807) is 41.8 Å². The summed E-state index contributed by atoms with van der Waals surface area (Å²) in [5, 5.41) is 21.2. The molecule has 2 aromatic carbocycles. The first-order chi connectivity index (χ1) is 14.2. The van der Waals surface area contributed by atoms with Gasteiger partial charge in [0.05, 0.1) is 22.5 Å². The molecule has 158 valence electrons. The van der Waals surface area contributed by atoms with Crippen LogP contribution in [-0.2, 0) is 11.3 Å². The highest BCUT2D eigenvalue weighted by Crippen LogP contribution is 2.23. The van der Waals surface area contributed by atoms with E-state index in [-0.39, 0.29) is 11.5 Å². The number of ether oxygens (including phenoxy) is 2. The van der Waals surface area contributed by atoms with Gasteiger partial charge in [0.15, 0.2) is 5.60 Å². The van der Waals surface area contributed by atoms with E-state index in [0.29, 0.717) is 23.8 Å². The van der Waals surface area contributed by atoms with Crippen LogP contribution in [0.15, 0.2) is 52.4 Å². The van der Waals surface area contributed by atoms with Crippen molar-refractivity contribution < 1.29 is 24.6 Å². The molecule has 1 heterocycles. The number of carboxylic acid groups (broad SMARTS) is 1. The van der Waals surface area contributed by atoms with Gasteiger partial charge in [-0.05, 0) is 57.2 Å². The molecule has 0 fully saturated rings. The molecule has 0 aliphatic rings. The lowest BCUT2D eigenvalue weighted by Crippen LogP contribution is -2.37. The van der Waals surface area contributed by atoms with Crippen molar-refractivity contribution in [1.29, 1.82) is 0 Å². The average molecular weight is 430 g/mol. The summed E-state index contributed by atoms with van der Waals surface area (Å²) in [6.45, 7) is 5.29. The number of hydrogen-bond acceptors (Lipinski definition) is 7. The summed E-state index contributed by atoms with van der Waals surface area (Å²) in [5.41, 5.74) is 0.697. The number of benzene rings is 2. The normalized spacial score (nSPS) is 12.2. The van der Waals surface area contributed by atoms with E-state index in [2.05, 4.69) is 5.16 Å². The second-order valence-corrected chi connectivity index (χ2v) is 8.12. The minimum absolute atomic E-state index is 0.0935. The molecule has 9 heteroatoms. The van der Waals surface area contributed by atoms with Gasteiger partial charge < -0.3 is 19.8 Å². The number of nitrogens with zero attached hydrogens (tertiary/aromatic N) is 2. The van der Waals surface area contributed by atoms with Crippen molar-refractivity contribution in [3.8, 4) is 11.5 Å². The quantitative estimate of drug-likeness (QED) is 0.321. The Balaban J connectivity index is 1.65. The Morgan fingerprint density at radius 3 is 2.47 bits per heavy atom. The van der Waals surface area contributed by atoms with Gasteiger partial charge in [-0.25, -0.2) is 4.79 Å². The van der Waals surface area contributed by atoms with Crippen molar-refractivity contribution in [3.63, 3.8) is 0 Å². The summed E-state index contributed by atoms with van der Waals surface area (Å²) in [6.07, 6.45) is 0. The van der Waals surface area contributed by atoms with Gasteiger partial charge in [-0.1, -0.05) is 22.6 Å². The van der Waals surface area contributed by atoms with Gasteiger partial charge in [-0.3, -0.25) is 9.36 Å². The highest BCUT2D eigenvalue weighted by atomic mass is 32.1. The maximum Gasteiger partial charge on any atom is 0.347 e. The second kappa shape index (κ2) is 8.58.